The molecule has 0 bridgehead atoms. The minimum absolute atomic E-state index is 0.0149. The molecule has 0 unspecified atom stereocenters. The summed E-state index contributed by atoms with van der Waals surface area (Å²) in [5.74, 6) is -0.369. The van der Waals surface area contributed by atoms with Gasteiger partial charge in [0.1, 0.15) is 47.9 Å². The third kappa shape index (κ3) is 16.4. The Hall–Kier alpha value is -4.80. The number of alkyl halides is 4. The molecule has 23 heteroatoms. The van der Waals surface area contributed by atoms with Crippen LogP contribution in [0.25, 0.3) is 11.5 Å². The van der Waals surface area contributed by atoms with Gasteiger partial charge < -0.3 is 25.2 Å². The highest BCUT2D eigenvalue weighted by Crippen LogP contribution is 2.35. The first-order chi connectivity index (χ1) is 33.2. The Morgan fingerprint density at radius 2 is 1.33 bits per heavy atom. The highest BCUT2D eigenvalue weighted by atomic mass is 35.5. The second-order valence-corrected chi connectivity index (χ2v) is 26.5. The van der Waals surface area contributed by atoms with E-state index in [2.05, 4.69) is 25.6 Å². The molecule has 3 N–H and O–H groups in total. The van der Waals surface area contributed by atoms with E-state index >= 15 is 0 Å². The number of aliphatic hydroxyl groups is 1. The summed E-state index contributed by atoms with van der Waals surface area (Å²) in [5.41, 5.74) is 0.558. The Morgan fingerprint density at radius 1 is 0.792 bits per heavy atom. The molecule has 400 valence electrons. The van der Waals surface area contributed by atoms with Crippen LogP contribution in [0.15, 0.2) is 36.7 Å². The van der Waals surface area contributed by atoms with Crippen LogP contribution in [0.1, 0.15) is 137 Å². The Bertz CT molecular complexity index is 2780. The molecule has 6 rings (SSSR count). The molecule has 2 aliphatic carbocycles. The van der Waals surface area contributed by atoms with Gasteiger partial charge in [0.05, 0.1) is 21.8 Å². The number of benzene rings is 1. The Morgan fingerprint density at radius 3 is 1.89 bits per heavy atom. The molecule has 2 amide bonds. The number of rotatable bonds is 16. The van der Waals surface area contributed by atoms with Crippen LogP contribution in [0.4, 0.5) is 17.6 Å². The van der Waals surface area contributed by atoms with Gasteiger partial charge in [0.2, 0.25) is 0 Å². The van der Waals surface area contributed by atoms with E-state index in [0.29, 0.717) is 69.4 Å². The zero-order chi connectivity index (χ0) is 53.7. The number of nitrogens with one attached hydrogen (secondary N) is 2. The Labute approximate surface area is 424 Å². The second kappa shape index (κ2) is 23.2. The number of carbonyl (C=O) groups excluding carboxylic acids is 2. The van der Waals surface area contributed by atoms with Crippen LogP contribution in [0, 0.1) is 30.6 Å². The van der Waals surface area contributed by atoms with Gasteiger partial charge in [0.15, 0.2) is 17.3 Å². The quantitative estimate of drug-likeness (QED) is 0.0901. The number of pyridine rings is 1. The Kier molecular flexibility index (Phi) is 18.7. The van der Waals surface area contributed by atoms with Crippen LogP contribution in [0.2, 0.25) is 5.15 Å². The number of hydrogen-bond acceptors (Lipinski definition) is 12. The highest BCUT2D eigenvalue weighted by Gasteiger charge is 2.37. The van der Waals surface area contributed by atoms with Gasteiger partial charge in [0, 0.05) is 38.0 Å². The molecule has 0 aliphatic heterocycles. The fourth-order valence-electron chi connectivity index (χ4n) is 9.08. The molecule has 3 heterocycles. The molecule has 16 nitrogen and oxygen atoms in total. The molecule has 2 saturated carbocycles. The van der Waals surface area contributed by atoms with E-state index in [1.165, 1.54) is 33.9 Å². The van der Waals surface area contributed by atoms with Gasteiger partial charge >= 0.3 is 13.2 Å². The van der Waals surface area contributed by atoms with E-state index < -0.39 is 55.6 Å². The lowest BCUT2D eigenvalue weighted by Gasteiger charge is -2.35. The van der Waals surface area contributed by atoms with Crippen LogP contribution in [0.3, 0.4) is 0 Å². The van der Waals surface area contributed by atoms with Gasteiger partial charge in [0.25, 0.3) is 11.8 Å². The SMILES string of the molecule is Cc1nc(C(=O)NCC2(O)CCC(S(C)(=O)=O)CC2)cn1-c1ccc(CC(C)(C)C)cc1OC(F)F.Cc1nc(C(=O)NCC2CCC(S(C)(=O)=O)CC2)c(Cl)n1-c1ncc(CC(C)(C)C)cc1OC(F)F. The van der Waals surface area contributed by atoms with Crippen molar-refractivity contribution in [1.82, 2.24) is 34.7 Å². The monoisotopic (exact) mass is 1070 g/mol. The maximum atomic E-state index is 13.2. The lowest BCUT2D eigenvalue weighted by atomic mass is 9.84. The summed E-state index contributed by atoms with van der Waals surface area (Å²) in [7, 11) is -6.23. The summed E-state index contributed by atoms with van der Waals surface area (Å²) in [6, 6.07) is 6.58. The maximum absolute atomic E-state index is 13.2. The van der Waals surface area contributed by atoms with Gasteiger partial charge in [-0.3, -0.25) is 18.7 Å². The van der Waals surface area contributed by atoms with Gasteiger partial charge in [-0.25, -0.2) is 31.8 Å². The van der Waals surface area contributed by atoms with Crippen LogP contribution in [-0.2, 0) is 32.5 Å². The number of aromatic nitrogens is 5. The first-order valence-electron chi connectivity index (χ1n) is 23.7. The van der Waals surface area contributed by atoms with Crippen molar-refractivity contribution < 1.29 is 58.6 Å². The van der Waals surface area contributed by atoms with E-state index in [1.807, 2.05) is 47.6 Å². The topological polar surface area (TPSA) is 214 Å². The molecule has 0 atom stereocenters. The largest absolute Gasteiger partial charge is 0.433 e. The maximum Gasteiger partial charge on any atom is 0.387 e. The minimum Gasteiger partial charge on any atom is -0.433 e. The normalized spacial score (nSPS) is 19.9. The number of ether oxygens (including phenoxy) is 2. The zero-order valence-corrected chi connectivity index (χ0v) is 44.9. The second-order valence-electron chi connectivity index (χ2n) is 21.5. The number of sulfone groups is 2. The fraction of sp³-hybridized carbons (Fsp3) is 0.612. The van der Waals surface area contributed by atoms with Crippen molar-refractivity contribution in [2.75, 3.05) is 25.6 Å². The van der Waals surface area contributed by atoms with Gasteiger partial charge in [-0.05, 0) is 124 Å². The molecule has 1 aromatic carbocycles. The summed E-state index contributed by atoms with van der Waals surface area (Å²) in [6.45, 7) is 9.67. The zero-order valence-electron chi connectivity index (χ0n) is 42.5. The van der Waals surface area contributed by atoms with Crippen molar-refractivity contribution in [1.29, 1.82) is 0 Å². The molecule has 72 heavy (non-hydrogen) atoms. The van der Waals surface area contributed by atoms with Crippen molar-refractivity contribution in [2.24, 2.45) is 16.7 Å². The molecule has 2 fully saturated rings. The van der Waals surface area contributed by atoms with E-state index in [4.69, 9.17) is 21.1 Å². The number of carbonyl (C=O) groups is 2. The van der Waals surface area contributed by atoms with Crippen LogP contribution in [0.5, 0.6) is 11.5 Å². The standard InChI is InChI=1S/C25H35F2N3O5S.C24H33ClF2N4O4S/c1-16-29-19(22(31)28-15-25(32)10-8-18(9-11-25)36(5,33)34)14-30(16)20-7-6-17(13-24(2,3)4)12-21(20)35-23(26)27;1-14-30-19(22(32)29-12-15-6-8-17(9-7-15)36(5,33)34)20(25)31(14)21-18(35-23(26)27)10-16(13-28-21)11-24(2,3)4/h6-7,12,14,18,23,32H,8-11,13,15H2,1-5H3,(H,28,31);10,13,15,17,23H,6-9,11-12H2,1-5H3,(H,29,32). The lowest BCUT2D eigenvalue weighted by molar-refractivity contribution is -0.0507. The summed E-state index contributed by atoms with van der Waals surface area (Å²) < 4.78 is 112. The molecule has 2 aliphatic rings. The minimum atomic E-state index is -3.17. The number of nitrogens with zero attached hydrogens (tertiary/aromatic N) is 5. The van der Waals surface area contributed by atoms with Gasteiger partial charge in [-0.15, -0.1) is 0 Å². The predicted molar refractivity (Wildman–Crippen MR) is 266 cm³/mol. The highest BCUT2D eigenvalue weighted by molar-refractivity contribution is 7.91. The summed E-state index contributed by atoms with van der Waals surface area (Å²) in [6.07, 6.45) is 10.4. The third-order valence-corrected chi connectivity index (χ3v) is 16.3. The molecule has 4 aromatic rings. The van der Waals surface area contributed by atoms with Crippen molar-refractivity contribution in [3.63, 3.8) is 0 Å². The van der Waals surface area contributed by atoms with Gasteiger partial charge in [-0.2, -0.15) is 17.6 Å². The number of aryl methyl sites for hydroxylation is 2. The van der Waals surface area contributed by atoms with Crippen LogP contribution in [-0.4, -0.2) is 113 Å². The predicted octanol–water partition coefficient (Wildman–Crippen LogP) is 8.57. The van der Waals surface area contributed by atoms with E-state index in [9.17, 15) is 49.1 Å². The molecular formula is C49H68ClF4N7O9S2. The Balaban J connectivity index is 0.000000267. The van der Waals surface area contributed by atoms with E-state index in [1.54, 1.807) is 32.2 Å². The molecule has 3 aromatic heterocycles. The summed E-state index contributed by atoms with van der Waals surface area (Å²) in [4.78, 5) is 38.5. The van der Waals surface area contributed by atoms with Crippen molar-refractivity contribution in [3.8, 4) is 23.0 Å². The summed E-state index contributed by atoms with van der Waals surface area (Å²) >= 11 is 6.49. The van der Waals surface area contributed by atoms with Crippen LogP contribution >= 0.6 is 11.6 Å². The number of halogens is 5. The molecule has 0 saturated heterocycles. The van der Waals surface area contributed by atoms with E-state index in [-0.39, 0.29) is 81.1 Å². The van der Waals surface area contributed by atoms with Crippen molar-refractivity contribution >= 4 is 43.1 Å². The average Bonchev–Trinajstić information content (AvgIpc) is 3.78. The first kappa shape index (κ1) is 58.1. The van der Waals surface area contributed by atoms with Crippen LogP contribution < -0.4 is 20.1 Å². The molecular weight excluding hydrogens is 1010 g/mol. The first-order valence-corrected chi connectivity index (χ1v) is 28.0. The smallest absolute Gasteiger partial charge is 0.387 e. The average molecular weight is 1070 g/mol. The molecule has 0 radical (unpaired) electrons. The third-order valence-electron chi connectivity index (χ3n) is 12.6. The summed E-state index contributed by atoms with van der Waals surface area (Å²) in [5, 5.41) is 15.4. The van der Waals surface area contributed by atoms with E-state index in [0.717, 1.165) is 11.1 Å². The number of hydrogen-bond donors (Lipinski definition) is 3. The number of amides is 2. The van der Waals surface area contributed by atoms with Gasteiger partial charge in [-0.1, -0.05) is 59.2 Å². The lowest BCUT2D eigenvalue weighted by Crippen LogP contribution is -2.47. The fourth-order valence-corrected chi connectivity index (χ4v) is 11.6. The number of imidazole rings is 2. The van der Waals surface area contributed by atoms with Crippen molar-refractivity contribution in [2.45, 2.75) is 149 Å². The molecule has 0 spiro atoms. The van der Waals surface area contributed by atoms with Crippen molar-refractivity contribution in [3.05, 3.63) is 76.0 Å².